The molecule has 0 bridgehead atoms. The average molecular weight is 317 g/mol. The highest BCUT2D eigenvalue weighted by molar-refractivity contribution is 5.87. The Hall–Kier alpha value is -2.61. The molecule has 0 spiro atoms. The van der Waals surface area contributed by atoms with Crippen molar-refractivity contribution in [3.63, 3.8) is 0 Å². The highest BCUT2D eigenvalue weighted by Gasteiger charge is 2.27. The van der Waals surface area contributed by atoms with Crippen molar-refractivity contribution in [2.45, 2.75) is 25.6 Å². The highest BCUT2D eigenvalue weighted by Crippen LogP contribution is 2.21. The van der Waals surface area contributed by atoms with Crippen LogP contribution in [0, 0.1) is 6.92 Å². The number of pyridine rings is 1. The Morgan fingerprint density at radius 2 is 2.35 bits per heavy atom. The van der Waals surface area contributed by atoms with E-state index in [2.05, 4.69) is 27.7 Å². The topological polar surface area (TPSA) is 95.6 Å². The number of aromatic nitrogens is 1. The van der Waals surface area contributed by atoms with Gasteiger partial charge in [-0.25, -0.2) is 15.2 Å². The summed E-state index contributed by atoms with van der Waals surface area (Å²) < 4.78 is 5.91. The van der Waals surface area contributed by atoms with Crippen molar-refractivity contribution in [3.8, 4) is 5.88 Å². The van der Waals surface area contributed by atoms with Crippen LogP contribution in [0.5, 0.6) is 5.88 Å². The van der Waals surface area contributed by atoms with Crippen molar-refractivity contribution in [1.82, 2.24) is 26.1 Å². The first kappa shape index (κ1) is 15.3. The maximum absolute atomic E-state index is 11.6. The summed E-state index contributed by atoms with van der Waals surface area (Å²) in [5.74, 6) is 0.402. The molecule has 23 heavy (non-hydrogen) atoms. The number of hydrogen-bond acceptors (Lipinski definition) is 5. The lowest BCUT2D eigenvalue weighted by molar-refractivity contribution is -0.125. The number of urea groups is 1. The Kier molecular flexibility index (Phi) is 4.16. The van der Waals surface area contributed by atoms with E-state index >= 15 is 0 Å². The zero-order valence-corrected chi connectivity index (χ0v) is 12.8. The van der Waals surface area contributed by atoms with E-state index in [-0.39, 0.29) is 18.0 Å². The fourth-order valence-corrected chi connectivity index (χ4v) is 2.68. The minimum atomic E-state index is -0.396. The molecule has 8 heteroatoms. The Balaban J connectivity index is 1.69. The van der Waals surface area contributed by atoms with Gasteiger partial charge in [0.2, 0.25) is 11.8 Å². The lowest BCUT2D eigenvalue weighted by Crippen LogP contribution is -2.29. The van der Waals surface area contributed by atoms with Crippen molar-refractivity contribution < 1.29 is 14.3 Å². The van der Waals surface area contributed by atoms with E-state index in [0.717, 1.165) is 12.0 Å². The Labute approximate surface area is 133 Å². The van der Waals surface area contributed by atoms with Gasteiger partial charge in [-0.3, -0.25) is 10.2 Å². The number of amides is 3. The van der Waals surface area contributed by atoms with Gasteiger partial charge in [-0.15, -0.1) is 0 Å². The third kappa shape index (κ3) is 3.42. The molecule has 0 saturated carbocycles. The summed E-state index contributed by atoms with van der Waals surface area (Å²) >= 11 is 0. The lowest BCUT2D eigenvalue weighted by atomic mass is 10.2. The number of rotatable bonds is 4. The minimum absolute atomic E-state index is 0.0852. The van der Waals surface area contributed by atoms with E-state index < -0.39 is 6.17 Å². The van der Waals surface area contributed by atoms with Crippen LogP contribution < -0.4 is 20.9 Å². The number of hydrazine groups is 1. The van der Waals surface area contributed by atoms with Gasteiger partial charge in [0, 0.05) is 19.0 Å². The van der Waals surface area contributed by atoms with Crippen LogP contribution in [-0.4, -0.2) is 41.0 Å². The molecule has 122 valence electrons. The number of ether oxygens (including phenoxy) is 1. The summed E-state index contributed by atoms with van der Waals surface area (Å²) in [5.41, 5.74) is 6.92. The van der Waals surface area contributed by atoms with Crippen molar-refractivity contribution >= 4 is 11.9 Å². The minimum Gasteiger partial charge on any atom is -0.472 e. The molecular weight excluding hydrogens is 298 g/mol. The van der Waals surface area contributed by atoms with Gasteiger partial charge in [0.1, 0.15) is 12.3 Å². The van der Waals surface area contributed by atoms with Crippen LogP contribution >= 0.6 is 0 Å². The van der Waals surface area contributed by atoms with Crippen molar-refractivity contribution in [2.75, 3.05) is 13.1 Å². The van der Waals surface area contributed by atoms with Crippen molar-refractivity contribution in [2.24, 2.45) is 0 Å². The number of carbonyl (C=O) groups excluding carboxylic acids is 2. The molecule has 3 amide bonds. The normalized spacial score (nSPS) is 23.3. The second-order valence-corrected chi connectivity index (χ2v) is 5.60. The molecule has 2 aliphatic heterocycles. The lowest BCUT2D eigenvalue weighted by Gasteiger charge is -2.17. The smallest absolute Gasteiger partial charge is 0.330 e. The maximum atomic E-state index is 11.6. The Bertz CT molecular complexity index is 648. The van der Waals surface area contributed by atoms with Crippen molar-refractivity contribution in [1.29, 1.82) is 0 Å². The molecule has 0 aromatic carbocycles. The molecule has 3 N–H and O–H groups in total. The van der Waals surface area contributed by atoms with Crippen LogP contribution in [-0.2, 0) is 4.79 Å². The van der Waals surface area contributed by atoms with E-state index in [4.69, 9.17) is 4.74 Å². The molecule has 1 aromatic rings. The molecule has 3 rings (SSSR count). The first-order chi connectivity index (χ1) is 11.0. The van der Waals surface area contributed by atoms with E-state index in [9.17, 15) is 9.59 Å². The molecule has 1 aromatic heterocycles. The largest absolute Gasteiger partial charge is 0.472 e. The monoisotopic (exact) mass is 317 g/mol. The quantitative estimate of drug-likeness (QED) is 0.698. The molecule has 0 radical (unpaired) electrons. The van der Waals surface area contributed by atoms with Crippen molar-refractivity contribution in [3.05, 3.63) is 36.0 Å². The number of hydrogen-bond donors (Lipinski definition) is 3. The van der Waals surface area contributed by atoms with Crippen LogP contribution in [0.1, 0.15) is 23.8 Å². The van der Waals surface area contributed by atoms with E-state index in [1.54, 1.807) is 4.90 Å². The van der Waals surface area contributed by atoms with Crippen LogP contribution in [0.25, 0.3) is 0 Å². The van der Waals surface area contributed by atoms with Gasteiger partial charge < -0.3 is 15.0 Å². The van der Waals surface area contributed by atoms with E-state index in [1.165, 1.54) is 6.08 Å². The third-order valence-corrected chi connectivity index (χ3v) is 3.79. The fourth-order valence-electron chi connectivity index (χ4n) is 2.68. The first-order valence-corrected chi connectivity index (χ1v) is 7.44. The Morgan fingerprint density at radius 1 is 1.52 bits per heavy atom. The van der Waals surface area contributed by atoms with E-state index in [0.29, 0.717) is 24.7 Å². The number of aryl methyl sites for hydroxylation is 1. The molecule has 8 nitrogen and oxygen atoms in total. The van der Waals surface area contributed by atoms with Gasteiger partial charge in [0.25, 0.3) is 0 Å². The van der Waals surface area contributed by atoms with Crippen LogP contribution in [0.2, 0.25) is 0 Å². The zero-order valence-electron chi connectivity index (χ0n) is 12.8. The highest BCUT2D eigenvalue weighted by atomic mass is 16.5. The fraction of sp³-hybridized carbons (Fsp3) is 0.400. The number of likely N-dealkylation sites (tertiary alicyclic amines) is 1. The molecule has 0 aliphatic carbocycles. The van der Waals surface area contributed by atoms with E-state index in [1.807, 2.05) is 19.1 Å². The second-order valence-electron chi connectivity index (χ2n) is 5.60. The average Bonchev–Trinajstić information content (AvgIpc) is 3.15. The second kappa shape index (κ2) is 6.25. The third-order valence-electron chi connectivity index (χ3n) is 3.79. The summed E-state index contributed by atoms with van der Waals surface area (Å²) in [6, 6.07) is 3.42. The van der Waals surface area contributed by atoms with Gasteiger partial charge in [-0.2, -0.15) is 0 Å². The molecule has 2 saturated heterocycles. The molecular formula is C15H19N5O3. The Morgan fingerprint density at radius 3 is 3.04 bits per heavy atom. The summed E-state index contributed by atoms with van der Waals surface area (Å²) in [4.78, 5) is 29.0. The van der Waals surface area contributed by atoms with Gasteiger partial charge in [-0.1, -0.05) is 6.58 Å². The van der Waals surface area contributed by atoms with Gasteiger partial charge in [0.15, 0.2) is 0 Å². The number of carbonyl (C=O) groups is 2. The first-order valence-electron chi connectivity index (χ1n) is 7.44. The molecule has 2 atom stereocenters. The number of nitrogens with zero attached hydrogens (tertiary/aromatic N) is 2. The number of nitrogens with one attached hydrogen (secondary N) is 3. The van der Waals surface area contributed by atoms with Crippen LogP contribution in [0.15, 0.2) is 24.8 Å². The van der Waals surface area contributed by atoms with Gasteiger partial charge in [-0.05, 0) is 24.6 Å². The van der Waals surface area contributed by atoms with Crippen LogP contribution in [0.4, 0.5) is 4.79 Å². The van der Waals surface area contributed by atoms with Crippen LogP contribution in [0.3, 0.4) is 0 Å². The van der Waals surface area contributed by atoms with Gasteiger partial charge >= 0.3 is 6.03 Å². The maximum Gasteiger partial charge on any atom is 0.330 e. The SMILES string of the molecule is C=CC(=O)N1CC[C@H](Oc2cc(C)cc(C3NNC(=O)N3)n2)C1. The predicted molar refractivity (Wildman–Crippen MR) is 82.3 cm³/mol. The summed E-state index contributed by atoms with van der Waals surface area (Å²) in [7, 11) is 0. The summed E-state index contributed by atoms with van der Waals surface area (Å²) in [6.07, 6.45) is 1.58. The predicted octanol–water partition coefficient (Wildman–Crippen LogP) is 0.372. The van der Waals surface area contributed by atoms with Gasteiger partial charge in [0.05, 0.1) is 12.2 Å². The molecule has 2 aliphatic rings. The molecule has 1 unspecified atom stereocenters. The summed E-state index contributed by atoms with van der Waals surface area (Å²) in [6.45, 7) is 6.61. The summed E-state index contributed by atoms with van der Waals surface area (Å²) in [5, 5.41) is 2.70. The molecule has 3 heterocycles. The zero-order chi connectivity index (χ0) is 16.4. The standard InChI is InChI=1S/C15H19N5O3/c1-3-13(21)20-5-4-10(8-20)23-12-7-9(2)6-11(16-12)14-17-15(22)19-18-14/h3,6-7,10,14,18H,1,4-5,8H2,2H3,(H2,17,19,22)/t10-,14?/m0/s1. The molecule has 2 fully saturated rings.